The van der Waals surface area contributed by atoms with Gasteiger partial charge in [0.05, 0.1) is 3.42 Å². The Morgan fingerprint density at radius 1 is 1.05 bits per heavy atom. The van der Waals surface area contributed by atoms with Crippen LogP contribution in [0.2, 0.25) is 0 Å². The van der Waals surface area contributed by atoms with Crippen LogP contribution >= 0.6 is 22.6 Å². The van der Waals surface area contributed by atoms with E-state index in [0.717, 1.165) is 38.5 Å². The predicted octanol–water partition coefficient (Wildman–Crippen LogP) is 3.86. The fraction of sp³-hybridized carbons (Fsp3) is 0.882. The molecule has 1 N–H and O–H groups in total. The standard InChI is InChI=1S/C17H31IO4/c1-14(15(20)10-6-4-8-12-19)22-13-9-5-7-11-16(21)17(2,3)18/h14,19H,4-13H2,1-3H3. The molecular weight excluding hydrogens is 395 g/mol. The summed E-state index contributed by atoms with van der Waals surface area (Å²) < 4.78 is 5.28. The molecule has 0 radical (unpaired) electrons. The van der Waals surface area contributed by atoms with Crippen LogP contribution in [0.15, 0.2) is 0 Å². The smallest absolute Gasteiger partial charge is 0.161 e. The van der Waals surface area contributed by atoms with E-state index in [2.05, 4.69) is 22.6 Å². The van der Waals surface area contributed by atoms with Gasteiger partial charge in [-0.2, -0.15) is 0 Å². The van der Waals surface area contributed by atoms with Crippen molar-refractivity contribution in [2.75, 3.05) is 13.2 Å². The lowest BCUT2D eigenvalue weighted by Gasteiger charge is -2.14. The number of rotatable bonds is 14. The molecular formula is C17H31IO4. The summed E-state index contributed by atoms with van der Waals surface area (Å²) in [6.45, 7) is 6.44. The molecule has 0 spiro atoms. The van der Waals surface area contributed by atoms with Crippen molar-refractivity contribution in [1.82, 2.24) is 0 Å². The van der Waals surface area contributed by atoms with Crippen LogP contribution in [0.4, 0.5) is 0 Å². The molecule has 0 heterocycles. The van der Waals surface area contributed by atoms with E-state index in [4.69, 9.17) is 9.84 Å². The van der Waals surface area contributed by atoms with Crippen LogP contribution in [0.1, 0.15) is 72.1 Å². The average molecular weight is 426 g/mol. The molecule has 0 aliphatic rings. The van der Waals surface area contributed by atoms with Crippen molar-refractivity contribution in [3.63, 3.8) is 0 Å². The van der Waals surface area contributed by atoms with Gasteiger partial charge in [0.1, 0.15) is 11.9 Å². The third-order valence-electron chi connectivity index (χ3n) is 3.61. The Morgan fingerprint density at radius 2 is 1.64 bits per heavy atom. The number of ether oxygens (including phenoxy) is 1. The first kappa shape index (κ1) is 22.0. The second-order valence-corrected chi connectivity index (χ2v) is 8.92. The molecule has 0 bridgehead atoms. The monoisotopic (exact) mass is 426 g/mol. The third kappa shape index (κ3) is 11.5. The minimum atomic E-state index is -0.343. The maximum atomic E-state index is 11.8. The normalized spacial score (nSPS) is 13.1. The summed E-state index contributed by atoms with van der Waals surface area (Å²) in [5, 5.41) is 8.68. The van der Waals surface area contributed by atoms with E-state index >= 15 is 0 Å². The van der Waals surface area contributed by atoms with Crippen molar-refractivity contribution in [3.8, 4) is 0 Å². The molecule has 1 atom stereocenters. The molecule has 0 saturated heterocycles. The number of Topliss-reactive ketones (excluding diaryl/α,β-unsaturated/α-hetero) is 2. The second-order valence-electron chi connectivity index (χ2n) is 6.22. The maximum Gasteiger partial charge on any atom is 0.161 e. The molecule has 4 nitrogen and oxygen atoms in total. The van der Waals surface area contributed by atoms with E-state index in [1.54, 1.807) is 6.92 Å². The number of ketones is 2. The maximum absolute atomic E-state index is 11.8. The van der Waals surface area contributed by atoms with Gasteiger partial charge in [-0.25, -0.2) is 0 Å². The van der Waals surface area contributed by atoms with Gasteiger partial charge in [0, 0.05) is 26.1 Å². The Morgan fingerprint density at radius 3 is 2.23 bits per heavy atom. The number of halogens is 1. The van der Waals surface area contributed by atoms with Crippen molar-refractivity contribution in [2.45, 2.75) is 81.7 Å². The van der Waals surface area contributed by atoms with E-state index in [9.17, 15) is 9.59 Å². The number of aliphatic hydroxyl groups excluding tert-OH is 1. The van der Waals surface area contributed by atoms with Crippen LogP contribution in [0, 0.1) is 0 Å². The molecule has 0 saturated carbocycles. The molecule has 0 rings (SSSR count). The lowest BCUT2D eigenvalue weighted by Crippen LogP contribution is -2.23. The molecule has 0 amide bonds. The van der Waals surface area contributed by atoms with Gasteiger partial charge in [-0.15, -0.1) is 0 Å². The van der Waals surface area contributed by atoms with Crippen molar-refractivity contribution in [1.29, 1.82) is 0 Å². The number of hydrogen-bond acceptors (Lipinski definition) is 4. The van der Waals surface area contributed by atoms with Gasteiger partial charge in [0.15, 0.2) is 5.78 Å². The highest BCUT2D eigenvalue weighted by Crippen LogP contribution is 2.21. The van der Waals surface area contributed by atoms with Crippen LogP contribution in [-0.4, -0.2) is 39.4 Å². The highest BCUT2D eigenvalue weighted by Gasteiger charge is 2.22. The molecule has 0 aromatic carbocycles. The first-order valence-corrected chi connectivity index (χ1v) is 9.34. The van der Waals surface area contributed by atoms with E-state index in [1.165, 1.54) is 0 Å². The summed E-state index contributed by atoms with van der Waals surface area (Å²) in [4.78, 5) is 23.5. The molecule has 0 aliphatic carbocycles. The topological polar surface area (TPSA) is 63.6 Å². The van der Waals surface area contributed by atoms with Crippen molar-refractivity contribution < 1.29 is 19.4 Å². The number of unbranched alkanes of at least 4 members (excludes halogenated alkanes) is 4. The molecule has 5 heteroatoms. The number of carbonyl (C=O) groups excluding carboxylic acids is 2. The molecule has 1 unspecified atom stereocenters. The molecule has 22 heavy (non-hydrogen) atoms. The summed E-state index contributed by atoms with van der Waals surface area (Å²) in [6, 6.07) is 0. The van der Waals surface area contributed by atoms with E-state index in [0.29, 0.717) is 25.2 Å². The van der Waals surface area contributed by atoms with Gasteiger partial charge in [0.2, 0.25) is 0 Å². The van der Waals surface area contributed by atoms with Crippen LogP contribution in [0.5, 0.6) is 0 Å². The molecule has 0 aromatic rings. The molecule has 0 aliphatic heterocycles. The fourth-order valence-electron chi connectivity index (χ4n) is 2.01. The van der Waals surface area contributed by atoms with Gasteiger partial charge >= 0.3 is 0 Å². The summed E-state index contributed by atoms with van der Waals surface area (Å²) in [5.41, 5.74) is 0. The Labute approximate surface area is 148 Å². The summed E-state index contributed by atoms with van der Waals surface area (Å²) in [7, 11) is 0. The Balaban J connectivity index is 3.58. The summed E-state index contributed by atoms with van der Waals surface area (Å²) in [5.74, 6) is 0.431. The number of hydrogen-bond donors (Lipinski definition) is 1. The highest BCUT2D eigenvalue weighted by atomic mass is 127. The summed E-state index contributed by atoms with van der Waals surface area (Å²) >= 11 is 2.18. The van der Waals surface area contributed by atoms with Crippen LogP contribution in [0.25, 0.3) is 0 Å². The first-order valence-electron chi connectivity index (χ1n) is 8.26. The summed E-state index contributed by atoms with van der Waals surface area (Å²) in [6.07, 6.45) is 6.00. The van der Waals surface area contributed by atoms with E-state index in [-0.39, 0.29) is 21.9 Å². The highest BCUT2D eigenvalue weighted by molar-refractivity contribution is 14.1. The zero-order chi connectivity index (χ0) is 17.0. The van der Waals surface area contributed by atoms with Gasteiger partial charge in [-0.3, -0.25) is 9.59 Å². The van der Waals surface area contributed by atoms with Crippen molar-refractivity contribution in [3.05, 3.63) is 0 Å². The largest absolute Gasteiger partial charge is 0.396 e. The minimum absolute atomic E-state index is 0.139. The minimum Gasteiger partial charge on any atom is -0.396 e. The number of carbonyl (C=O) groups is 2. The lowest BCUT2D eigenvalue weighted by atomic mass is 10.0. The van der Waals surface area contributed by atoms with E-state index < -0.39 is 0 Å². The van der Waals surface area contributed by atoms with Crippen molar-refractivity contribution in [2.24, 2.45) is 0 Å². The Hall–Kier alpha value is -0.0100. The SMILES string of the molecule is CC(OCCCCCC(=O)C(C)(C)I)C(=O)CCCCCO. The van der Waals surface area contributed by atoms with E-state index in [1.807, 2.05) is 13.8 Å². The van der Waals surface area contributed by atoms with Gasteiger partial charge < -0.3 is 9.84 Å². The Bertz CT molecular complexity index is 323. The van der Waals surface area contributed by atoms with Gasteiger partial charge in [0.25, 0.3) is 0 Å². The van der Waals surface area contributed by atoms with Crippen LogP contribution in [-0.2, 0) is 14.3 Å². The first-order chi connectivity index (χ1) is 10.3. The zero-order valence-electron chi connectivity index (χ0n) is 14.2. The number of aliphatic hydroxyl groups is 1. The van der Waals surface area contributed by atoms with Crippen molar-refractivity contribution >= 4 is 34.2 Å². The molecule has 130 valence electrons. The molecule has 0 fully saturated rings. The number of alkyl halides is 1. The third-order valence-corrected chi connectivity index (χ3v) is 4.22. The molecule has 0 aromatic heterocycles. The zero-order valence-corrected chi connectivity index (χ0v) is 16.4. The van der Waals surface area contributed by atoms with Crippen LogP contribution < -0.4 is 0 Å². The van der Waals surface area contributed by atoms with Gasteiger partial charge in [-0.1, -0.05) is 35.4 Å². The Kier molecular flexibility index (Phi) is 12.4. The fourth-order valence-corrected chi connectivity index (χ4v) is 2.28. The lowest BCUT2D eigenvalue weighted by molar-refractivity contribution is -0.129. The van der Waals surface area contributed by atoms with Gasteiger partial charge in [-0.05, 0) is 46.5 Å². The predicted molar refractivity (Wildman–Crippen MR) is 97.5 cm³/mol. The van der Waals surface area contributed by atoms with Crippen LogP contribution in [0.3, 0.4) is 0 Å². The quantitative estimate of drug-likeness (QED) is 0.260. The average Bonchev–Trinajstić information content (AvgIpc) is 2.45. The second kappa shape index (κ2) is 12.4.